The summed E-state index contributed by atoms with van der Waals surface area (Å²) in [5, 5.41) is 6.92. The predicted molar refractivity (Wildman–Crippen MR) is 112 cm³/mol. The van der Waals surface area contributed by atoms with Gasteiger partial charge in [-0.25, -0.2) is 5.10 Å². The van der Waals surface area contributed by atoms with Gasteiger partial charge < -0.3 is 20.1 Å². The summed E-state index contributed by atoms with van der Waals surface area (Å²) in [6.07, 6.45) is 0.708. The van der Waals surface area contributed by atoms with E-state index in [9.17, 15) is 4.79 Å². The number of hydrogen-bond donors (Lipinski definition) is 2. The van der Waals surface area contributed by atoms with Gasteiger partial charge in [0.1, 0.15) is 11.5 Å². The fourth-order valence-corrected chi connectivity index (χ4v) is 4.24. The smallest absolute Gasteiger partial charge is 0.236 e. The fourth-order valence-electron chi connectivity index (χ4n) is 3.32. The Hall–Kier alpha value is -2.46. The van der Waals surface area contributed by atoms with Crippen LogP contribution in [0.1, 0.15) is 18.9 Å². The number of ether oxygens (including phenoxy) is 2. The minimum Gasteiger partial charge on any atom is -0.497 e. The van der Waals surface area contributed by atoms with Crippen LogP contribution in [0.25, 0.3) is 0 Å². The largest absolute Gasteiger partial charge is 0.497 e. The summed E-state index contributed by atoms with van der Waals surface area (Å²) in [7, 11) is 3.33. The summed E-state index contributed by atoms with van der Waals surface area (Å²) in [5.74, 6) is 2.04. The normalized spacial score (nSPS) is 15.9. The van der Waals surface area contributed by atoms with Crippen molar-refractivity contribution in [1.29, 1.82) is 0 Å². The Morgan fingerprint density at radius 2 is 2.03 bits per heavy atom. The van der Waals surface area contributed by atoms with Crippen molar-refractivity contribution in [2.75, 3.05) is 46.1 Å². The van der Waals surface area contributed by atoms with Gasteiger partial charge in [0.05, 0.1) is 19.5 Å². The molecule has 1 aliphatic rings. The average molecular weight is 421 g/mol. The number of methoxy groups -OCH3 is 2. The third kappa shape index (κ3) is 5.33. The molecule has 1 aromatic carbocycles. The lowest BCUT2D eigenvalue weighted by Crippen LogP contribution is -2.50. The quantitative estimate of drug-likeness (QED) is 0.620. The maximum Gasteiger partial charge on any atom is 0.236 e. The van der Waals surface area contributed by atoms with E-state index in [0.717, 1.165) is 36.7 Å². The number of nitrogens with two attached hydrogens (primary N) is 1. The molecule has 1 saturated heterocycles. The number of anilines is 1. The molecule has 1 unspecified atom stereocenters. The topological polar surface area (TPSA) is 110 Å². The molecule has 0 saturated carbocycles. The number of amides is 1. The Morgan fingerprint density at radius 1 is 1.28 bits per heavy atom. The lowest BCUT2D eigenvalue weighted by molar-refractivity contribution is -0.132. The predicted octanol–water partition coefficient (Wildman–Crippen LogP) is 1.62. The molecule has 29 heavy (non-hydrogen) atoms. The summed E-state index contributed by atoms with van der Waals surface area (Å²) >= 11 is 1.36. The Morgan fingerprint density at radius 3 is 2.62 bits per heavy atom. The summed E-state index contributed by atoms with van der Waals surface area (Å²) in [5.41, 5.74) is 6.65. The van der Waals surface area contributed by atoms with Crippen molar-refractivity contribution in [1.82, 2.24) is 25.0 Å². The van der Waals surface area contributed by atoms with E-state index in [1.165, 1.54) is 11.8 Å². The average Bonchev–Trinajstić information content (AvgIpc) is 3.16. The monoisotopic (exact) mass is 420 g/mol. The van der Waals surface area contributed by atoms with Crippen LogP contribution in [0.2, 0.25) is 0 Å². The maximum atomic E-state index is 12.9. The second kappa shape index (κ2) is 9.84. The lowest BCUT2D eigenvalue weighted by Gasteiger charge is -2.36. The summed E-state index contributed by atoms with van der Waals surface area (Å²) in [4.78, 5) is 21.3. The van der Waals surface area contributed by atoms with Crippen molar-refractivity contribution in [3.8, 4) is 11.5 Å². The second-order valence-electron chi connectivity index (χ2n) is 6.80. The highest BCUT2D eigenvalue weighted by Crippen LogP contribution is 2.27. The molecule has 0 bridgehead atoms. The van der Waals surface area contributed by atoms with E-state index in [0.29, 0.717) is 24.7 Å². The number of carbonyl (C=O) groups is 1. The van der Waals surface area contributed by atoms with Crippen LogP contribution < -0.4 is 15.2 Å². The lowest BCUT2D eigenvalue weighted by atomic mass is 10.1. The number of nitrogen functional groups attached to an aromatic ring is 1. The van der Waals surface area contributed by atoms with Gasteiger partial charge in [-0.2, -0.15) is 4.98 Å². The Bertz CT molecular complexity index is 822. The van der Waals surface area contributed by atoms with Crippen LogP contribution in [-0.4, -0.2) is 76.5 Å². The number of piperazine rings is 1. The SMILES string of the molecule is CCC(Sc1n[nH]c(N)n1)C(=O)N1CCN(Cc2cc(OC)ccc2OC)CC1. The highest BCUT2D eigenvalue weighted by Gasteiger charge is 2.28. The number of thioether (sulfide) groups is 1. The van der Waals surface area contributed by atoms with E-state index in [4.69, 9.17) is 15.2 Å². The molecule has 0 spiro atoms. The molecule has 10 heteroatoms. The van der Waals surface area contributed by atoms with Crippen LogP contribution in [0.3, 0.4) is 0 Å². The zero-order chi connectivity index (χ0) is 20.8. The molecule has 1 aromatic heterocycles. The number of rotatable bonds is 8. The highest BCUT2D eigenvalue weighted by atomic mass is 32.2. The van der Waals surface area contributed by atoms with Crippen molar-refractivity contribution < 1.29 is 14.3 Å². The summed E-state index contributed by atoms with van der Waals surface area (Å²) in [6.45, 7) is 5.75. The van der Waals surface area contributed by atoms with E-state index < -0.39 is 0 Å². The van der Waals surface area contributed by atoms with E-state index in [1.54, 1.807) is 14.2 Å². The number of carbonyl (C=O) groups excluding carboxylic acids is 1. The molecule has 158 valence electrons. The first-order valence-corrected chi connectivity index (χ1v) is 10.5. The van der Waals surface area contributed by atoms with Gasteiger partial charge in [-0.3, -0.25) is 9.69 Å². The minimum absolute atomic E-state index is 0.125. The van der Waals surface area contributed by atoms with Gasteiger partial charge in [0, 0.05) is 38.3 Å². The van der Waals surface area contributed by atoms with Gasteiger partial charge in [-0.05, 0) is 24.6 Å². The molecular formula is C19H28N6O3S. The van der Waals surface area contributed by atoms with E-state index in [1.807, 2.05) is 30.0 Å². The maximum absolute atomic E-state index is 12.9. The summed E-state index contributed by atoms with van der Waals surface area (Å²) < 4.78 is 10.8. The molecule has 2 heterocycles. The Labute approximate surface area is 174 Å². The van der Waals surface area contributed by atoms with Gasteiger partial charge in [-0.1, -0.05) is 18.7 Å². The first-order valence-electron chi connectivity index (χ1n) is 9.60. The van der Waals surface area contributed by atoms with Crippen LogP contribution >= 0.6 is 11.8 Å². The van der Waals surface area contributed by atoms with Gasteiger partial charge in [-0.15, -0.1) is 5.10 Å². The zero-order valence-corrected chi connectivity index (χ0v) is 17.9. The second-order valence-corrected chi connectivity index (χ2v) is 7.97. The first-order chi connectivity index (χ1) is 14.0. The standard InChI is InChI=1S/C19H28N6O3S/c1-4-16(29-19-21-18(20)22-23-19)17(26)25-9-7-24(8-10-25)12-13-11-14(27-2)5-6-15(13)28-3/h5-6,11,16H,4,7-10,12H2,1-3H3,(H3,20,21,22,23). The number of aromatic nitrogens is 3. The van der Waals surface area contributed by atoms with Gasteiger partial charge in [0.2, 0.25) is 17.0 Å². The molecule has 1 fully saturated rings. The van der Waals surface area contributed by atoms with E-state index in [2.05, 4.69) is 20.1 Å². The van der Waals surface area contributed by atoms with Crippen LogP contribution in [0.5, 0.6) is 11.5 Å². The third-order valence-electron chi connectivity index (χ3n) is 4.94. The summed E-state index contributed by atoms with van der Waals surface area (Å²) in [6, 6.07) is 5.82. The molecule has 3 rings (SSSR count). The van der Waals surface area contributed by atoms with Crippen molar-refractivity contribution >= 4 is 23.6 Å². The van der Waals surface area contributed by atoms with Crippen molar-refractivity contribution in [2.24, 2.45) is 0 Å². The van der Waals surface area contributed by atoms with Crippen LogP contribution in [-0.2, 0) is 11.3 Å². The Balaban J connectivity index is 1.56. The number of hydrogen-bond acceptors (Lipinski definition) is 8. The molecule has 3 N–H and O–H groups in total. The van der Waals surface area contributed by atoms with Crippen LogP contribution in [0.15, 0.2) is 23.4 Å². The van der Waals surface area contributed by atoms with Crippen molar-refractivity contribution in [2.45, 2.75) is 30.3 Å². The van der Waals surface area contributed by atoms with Crippen LogP contribution in [0.4, 0.5) is 5.95 Å². The van der Waals surface area contributed by atoms with E-state index >= 15 is 0 Å². The fraction of sp³-hybridized carbons (Fsp3) is 0.526. The Kier molecular flexibility index (Phi) is 7.21. The number of H-pyrrole nitrogens is 1. The molecular weight excluding hydrogens is 392 g/mol. The highest BCUT2D eigenvalue weighted by molar-refractivity contribution is 8.00. The number of nitrogens with one attached hydrogen (secondary N) is 1. The number of benzene rings is 1. The van der Waals surface area contributed by atoms with Crippen LogP contribution in [0, 0.1) is 0 Å². The zero-order valence-electron chi connectivity index (χ0n) is 17.1. The van der Waals surface area contributed by atoms with Gasteiger partial charge in [0.15, 0.2) is 0 Å². The van der Waals surface area contributed by atoms with Gasteiger partial charge >= 0.3 is 0 Å². The molecule has 0 radical (unpaired) electrons. The van der Waals surface area contributed by atoms with Gasteiger partial charge in [0.25, 0.3) is 0 Å². The van der Waals surface area contributed by atoms with Crippen molar-refractivity contribution in [3.05, 3.63) is 23.8 Å². The van der Waals surface area contributed by atoms with Crippen molar-refractivity contribution in [3.63, 3.8) is 0 Å². The minimum atomic E-state index is -0.213. The molecule has 1 atom stereocenters. The first kappa shape index (κ1) is 21.3. The molecule has 1 aliphatic heterocycles. The number of aromatic amines is 1. The molecule has 2 aromatic rings. The molecule has 1 amide bonds. The van der Waals surface area contributed by atoms with E-state index in [-0.39, 0.29) is 17.1 Å². The molecule has 9 nitrogen and oxygen atoms in total. The molecule has 0 aliphatic carbocycles. The number of nitrogens with zero attached hydrogens (tertiary/aromatic N) is 4. The third-order valence-corrected chi connectivity index (χ3v) is 6.15.